The van der Waals surface area contributed by atoms with Crippen molar-refractivity contribution in [3.63, 3.8) is 0 Å². The summed E-state index contributed by atoms with van der Waals surface area (Å²) in [7, 11) is 0. The minimum Gasteiger partial charge on any atom is -0.388 e. The molecular weight excluding hydrogens is 307 g/mol. The van der Waals surface area contributed by atoms with E-state index in [-0.39, 0.29) is 5.82 Å². The standard InChI is InChI=1S/C16H16BrFO/c1-10-3-5-13(17)9-15(10)16(19)8-12-4-6-14(18)7-11(12)2/h3-7,9,16,19H,8H2,1-2H3. The fourth-order valence-electron chi connectivity index (χ4n) is 2.18. The van der Waals surface area contributed by atoms with E-state index in [1.54, 1.807) is 6.07 Å². The van der Waals surface area contributed by atoms with Crippen LogP contribution in [0.25, 0.3) is 0 Å². The molecule has 0 bridgehead atoms. The third-order valence-electron chi connectivity index (χ3n) is 3.32. The summed E-state index contributed by atoms with van der Waals surface area (Å²) in [4.78, 5) is 0. The van der Waals surface area contributed by atoms with Gasteiger partial charge in [-0.05, 0) is 60.4 Å². The molecule has 3 heteroatoms. The highest BCUT2D eigenvalue weighted by atomic mass is 79.9. The van der Waals surface area contributed by atoms with E-state index >= 15 is 0 Å². The van der Waals surface area contributed by atoms with E-state index in [1.807, 2.05) is 32.0 Å². The van der Waals surface area contributed by atoms with Crippen LogP contribution in [0.5, 0.6) is 0 Å². The molecule has 1 unspecified atom stereocenters. The molecule has 0 saturated heterocycles. The third kappa shape index (κ3) is 3.43. The molecule has 0 spiro atoms. The maximum atomic E-state index is 13.1. The van der Waals surface area contributed by atoms with Crippen molar-refractivity contribution in [3.8, 4) is 0 Å². The van der Waals surface area contributed by atoms with E-state index in [1.165, 1.54) is 12.1 Å². The SMILES string of the molecule is Cc1cc(F)ccc1CC(O)c1cc(Br)ccc1C. The van der Waals surface area contributed by atoms with Crippen molar-refractivity contribution in [2.75, 3.05) is 0 Å². The number of aliphatic hydroxyl groups is 1. The van der Waals surface area contributed by atoms with Gasteiger partial charge in [-0.25, -0.2) is 4.39 Å². The van der Waals surface area contributed by atoms with Crippen molar-refractivity contribution < 1.29 is 9.50 Å². The highest BCUT2D eigenvalue weighted by Gasteiger charge is 2.13. The van der Waals surface area contributed by atoms with Crippen LogP contribution in [0.1, 0.15) is 28.4 Å². The van der Waals surface area contributed by atoms with Crippen molar-refractivity contribution in [3.05, 3.63) is 68.9 Å². The molecule has 2 aromatic carbocycles. The van der Waals surface area contributed by atoms with Crippen LogP contribution in [0.4, 0.5) is 4.39 Å². The number of hydrogen-bond donors (Lipinski definition) is 1. The highest BCUT2D eigenvalue weighted by Crippen LogP contribution is 2.26. The number of halogens is 2. The quantitative estimate of drug-likeness (QED) is 0.883. The smallest absolute Gasteiger partial charge is 0.123 e. The van der Waals surface area contributed by atoms with E-state index in [0.717, 1.165) is 26.7 Å². The second kappa shape index (κ2) is 5.85. The monoisotopic (exact) mass is 322 g/mol. The molecule has 0 aromatic heterocycles. The Kier molecular flexibility index (Phi) is 4.38. The Morgan fingerprint density at radius 3 is 2.53 bits per heavy atom. The molecule has 0 heterocycles. The zero-order valence-corrected chi connectivity index (χ0v) is 12.5. The maximum Gasteiger partial charge on any atom is 0.123 e. The molecule has 100 valence electrons. The van der Waals surface area contributed by atoms with Gasteiger partial charge in [-0.3, -0.25) is 0 Å². The minimum absolute atomic E-state index is 0.241. The molecule has 0 aliphatic carbocycles. The molecule has 0 aliphatic heterocycles. The Bertz CT molecular complexity index is 595. The molecule has 0 fully saturated rings. The van der Waals surface area contributed by atoms with Crippen LogP contribution in [-0.4, -0.2) is 5.11 Å². The molecule has 1 nitrogen and oxygen atoms in total. The van der Waals surface area contributed by atoms with Crippen LogP contribution in [0.2, 0.25) is 0 Å². The topological polar surface area (TPSA) is 20.2 Å². The van der Waals surface area contributed by atoms with Gasteiger partial charge < -0.3 is 5.11 Å². The molecule has 0 amide bonds. The summed E-state index contributed by atoms with van der Waals surface area (Å²) in [6.45, 7) is 3.83. The third-order valence-corrected chi connectivity index (χ3v) is 3.81. The molecule has 1 atom stereocenters. The fourth-order valence-corrected chi connectivity index (χ4v) is 2.56. The number of hydrogen-bond acceptors (Lipinski definition) is 1. The second-order valence-corrected chi connectivity index (χ2v) is 5.71. The number of rotatable bonds is 3. The summed E-state index contributed by atoms with van der Waals surface area (Å²) >= 11 is 3.41. The average Bonchev–Trinajstić information content (AvgIpc) is 2.35. The summed E-state index contributed by atoms with van der Waals surface area (Å²) in [6.07, 6.45) is -0.0923. The van der Waals surface area contributed by atoms with Crippen LogP contribution in [0.15, 0.2) is 40.9 Å². The molecule has 0 radical (unpaired) electrons. The predicted molar refractivity (Wildman–Crippen MR) is 78.7 cm³/mol. The zero-order valence-electron chi connectivity index (χ0n) is 11.0. The zero-order chi connectivity index (χ0) is 14.0. The van der Waals surface area contributed by atoms with Gasteiger partial charge in [-0.2, -0.15) is 0 Å². The molecule has 0 aliphatic rings. The normalized spacial score (nSPS) is 12.5. The molecule has 2 rings (SSSR count). The summed E-state index contributed by atoms with van der Waals surface area (Å²) in [5, 5.41) is 10.4. The highest BCUT2D eigenvalue weighted by molar-refractivity contribution is 9.10. The average molecular weight is 323 g/mol. The van der Waals surface area contributed by atoms with Crippen LogP contribution >= 0.6 is 15.9 Å². The fraction of sp³-hybridized carbons (Fsp3) is 0.250. The Morgan fingerprint density at radius 2 is 1.84 bits per heavy atom. The van der Waals surface area contributed by atoms with Crippen LogP contribution < -0.4 is 0 Å². The van der Waals surface area contributed by atoms with E-state index in [9.17, 15) is 9.50 Å². The predicted octanol–water partition coefficient (Wildman–Crippen LogP) is 4.48. The number of aryl methyl sites for hydroxylation is 2. The first-order valence-electron chi connectivity index (χ1n) is 6.16. The maximum absolute atomic E-state index is 13.1. The van der Waals surface area contributed by atoms with E-state index in [4.69, 9.17) is 0 Å². The van der Waals surface area contributed by atoms with Gasteiger partial charge in [0.2, 0.25) is 0 Å². The molecule has 2 aromatic rings. The van der Waals surface area contributed by atoms with Gasteiger partial charge in [0.1, 0.15) is 5.82 Å². The molecule has 19 heavy (non-hydrogen) atoms. The van der Waals surface area contributed by atoms with E-state index in [0.29, 0.717) is 6.42 Å². The van der Waals surface area contributed by atoms with Crippen LogP contribution in [0.3, 0.4) is 0 Å². The molecule has 1 N–H and O–H groups in total. The van der Waals surface area contributed by atoms with Gasteiger partial charge in [-0.15, -0.1) is 0 Å². The van der Waals surface area contributed by atoms with Crippen LogP contribution in [0, 0.1) is 19.7 Å². The van der Waals surface area contributed by atoms with Crippen molar-refractivity contribution in [2.45, 2.75) is 26.4 Å². The summed E-state index contributed by atoms with van der Waals surface area (Å²) in [6, 6.07) is 10.5. The van der Waals surface area contributed by atoms with E-state index in [2.05, 4.69) is 15.9 Å². The first-order chi connectivity index (χ1) is 8.97. The van der Waals surface area contributed by atoms with Crippen molar-refractivity contribution >= 4 is 15.9 Å². The van der Waals surface area contributed by atoms with Crippen molar-refractivity contribution in [2.24, 2.45) is 0 Å². The first-order valence-corrected chi connectivity index (χ1v) is 6.96. The van der Waals surface area contributed by atoms with Gasteiger partial charge in [0.25, 0.3) is 0 Å². The van der Waals surface area contributed by atoms with Gasteiger partial charge >= 0.3 is 0 Å². The lowest BCUT2D eigenvalue weighted by molar-refractivity contribution is 0.177. The lowest BCUT2D eigenvalue weighted by Gasteiger charge is -2.15. The molecule has 0 saturated carbocycles. The first kappa shape index (κ1) is 14.2. The largest absolute Gasteiger partial charge is 0.388 e. The minimum atomic E-state index is -0.582. The van der Waals surface area contributed by atoms with Crippen molar-refractivity contribution in [1.82, 2.24) is 0 Å². The Hall–Kier alpha value is -1.19. The Balaban J connectivity index is 2.25. The number of aliphatic hydroxyl groups excluding tert-OH is 1. The second-order valence-electron chi connectivity index (χ2n) is 4.79. The summed E-state index contributed by atoms with van der Waals surface area (Å²) in [5.41, 5.74) is 3.79. The molecular formula is C16H16BrFO. The Labute approximate surface area is 121 Å². The number of benzene rings is 2. The van der Waals surface area contributed by atoms with Crippen LogP contribution in [-0.2, 0) is 6.42 Å². The van der Waals surface area contributed by atoms with Gasteiger partial charge in [0.15, 0.2) is 0 Å². The lowest BCUT2D eigenvalue weighted by Crippen LogP contribution is -2.05. The Morgan fingerprint density at radius 1 is 1.11 bits per heavy atom. The van der Waals surface area contributed by atoms with E-state index < -0.39 is 6.10 Å². The summed E-state index contributed by atoms with van der Waals surface area (Å²) < 4.78 is 14.0. The van der Waals surface area contributed by atoms with Gasteiger partial charge in [0, 0.05) is 10.9 Å². The van der Waals surface area contributed by atoms with Crippen molar-refractivity contribution in [1.29, 1.82) is 0 Å². The summed E-state index contributed by atoms with van der Waals surface area (Å²) in [5.74, 6) is -0.241. The van der Waals surface area contributed by atoms with Gasteiger partial charge in [-0.1, -0.05) is 28.1 Å². The van der Waals surface area contributed by atoms with Gasteiger partial charge in [0.05, 0.1) is 6.10 Å². The lowest BCUT2D eigenvalue weighted by atomic mass is 9.95.